The molecule has 0 fully saturated rings. The normalized spacial score (nSPS) is 12.9. The summed E-state index contributed by atoms with van der Waals surface area (Å²) in [6.45, 7) is 0.565. The van der Waals surface area contributed by atoms with Gasteiger partial charge in [-0.05, 0) is 31.8 Å². The maximum absolute atomic E-state index is 6.05. The van der Waals surface area contributed by atoms with Gasteiger partial charge in [0.15, 0.2) is 0 Å². The summed E-state index contributed by atoms with van der Waals surface area (Å²) in [6.07, 6.45) is 0. The van der Waals surface area contributed by atoms with Gasteiger partial charge in [0.2, 0.25) is 0 Å². The topological polar surface area (TPSA) is 38.5 Å². The molecule has 1 atom stereocenters. The summed E-state index contributed by atoms with van der Waals surface area (Å²) in [6, 6.07) is 5.94. The van der Waals surface area contributed by atoms with E-state index in [9.17, 15) is 0 Å². The highest BCUT2D eigenvalue weighted by Crippen LogP contribution is 2.28. The van der Waals surface area contributed by atoms with Gasteiger partial charge in [-0.1, -0.05) is 17.7 Å². The Bertz CT molecular complexity index is 328. The zero-order valence-electron chi connectivity index (χ0n) is 9.33. The van der Waals surface area contributed by atoms with Crippen LogP contribution in [0.15, 0.2) is 18.2 Å². The number of benzene rings is 1. The summed E-state index contributed by atoms with van der Waals surface area (Å²) in [5, 5.41) is 0.621. The third-order valence-electron chi connectivity index (χ3n) is 2.41. The molecular weight excluding hydrogens is 212 g/mol. The molecule has 3 nitrogen and oxygen atoms in total. The summed E-state index contributed by atoms with van der Waals surface area (Å²) in [4.78, 5) is 2.07. The van der Waals surface area contributed by atoms with E-state index in [-0.39, 0.29) is 6.04 Å². The number of hydrogen-bond donors (Lipinski definition) is 1. The van der Waals surface area contributed by atoms with Crippen LogP contribution in [0.25, 0.3) is 0 Å². The molecule has 4 heteroatoms. The van der Waals surface area contributed by atoms with E-state index in [4.69, 9.17) is 22.1 Å². The quantitative estimate of drug-likeness (QED) is 0.856. The van der Waals surface area contributed by atoms with Gasteiger partial charge in [-0.2, -0.15) is 0 Å². The van der Waals surface area contributed by atoms with Gasteiger partial charge >= 0.3 is 0 Å². The van der Waals surface area contributed by atoms with Crippen LogP contribution in [0.4, 0.5) is 0 Å². The van der Waals surface area contributed by atoms with E-state index in [2.05, 4.69) is 4.90 Å². The standard InChI is InChI=1S/C11H17ClN2O/c1-14(2)10(7-13)8-4-5-11(15-3)9(12)6-8/h4-6,10H,7,13H2,1-3H3. The maximum atomic E-state index is 6.05. The molecule has 1 rings (SSSR count). The Morgan fingerprint density at radius 1 is 1.47 bits per heavy atom. The average molecular weight is 229 g/mol. The summed E-state index contributed by atoms with van der Waals surface area (Å²) in [5.41, 5.74) is 6.82. The molecule has 1 unspecified atom stereocenters. The Morgan fingerprint density at radius 3 is 2.53 bits per heavy atom. The van der Waals surface area contributed by atoms with Crippen LogP contribution in [0, 0.1) is 0 Å². The van der Waals surface area contributed by atoms with E-state index in [0.29, 0.717) is 17.3 Å². The first-order valence-corrected chi connectivity index (χ1v) is 5.18. The second-order valence-corrected chi connectivity index (χ2v) is 4.02. The van der Waals surface area contributed by atoms with E-state index >= 15 is 0 Å². The second kappa shape index (κ2) is 5.35. The Balaban J connectivity index is 3.00. The minimum absolute atomic E-state index is 0.188. The first kappa shape index (κ1) is 12.3. The molecule has 84 valence electrons. The summed E-state index contributed by atoms with van der Waals surface area (Å²) < 4.78 is 5.10. The first-order chi connectivity index (χ1) is 7.10. The highest BCUT2D eigenvalue weighted by molar-refractivity contribution is 6.32. The van der Waals surface area contributed by atoms with Gasteiger partial charge in [-0.25, -0.2) is 0 Å². The Hall–Kier alpha value is -0.770. The van der Waals surface area contributed by atoms with Crippen molar-refractivity contribution in [2.24, 2.45) is 5.73 Å². The molecule has 0 aliphatic heterocycles. The minimum atomic E-state index is 0.188. The molecule has 1 aromatic rings. The van der Waals surface area contributed by atoms with Gasteiger partial charge < -0.3 is 15.4 Å². The van der Waals surface area contributed by atoms with Crippen molar-refractivity contribution in [1.82, 2.24) is 4.90 Å². The fourth-order valence-electron chi connectivity index (χ4n) is 1.53. The SMILES string of the molecule is COc1ccc(C(CN)N(C)C)cc1Cl. The number of methoxy groups -OCH3 is 1. The lowest BCUT2D eigenvalue weighted by molar-refractivity contribution is 0.305. The Labute approximate surface area is 95.8 Å². The van der Waals surface area contributed by atoms with Crippen molar-refractivity contribution in [1.29, 1.82) is 0 Å². The molecule has 0 saturated carbocycles. The number of nitrogens with zero attached hydrogens (tertiary/aromatic N) is 1. The summed E-state index contributed by atoms with van der Waals surface area (Å²) in [5.74, 6) is 0.690. The van der Waals surface area contributed by atoms with Crippen molar-refractivity contribution >= 4 is 11.6 Å². The van der Waals surface area contributed by atoms with Crippen LogP contribution in [0.5, 0.6) is 5.75 Å². The number of hydrogen-bond acceptors (Lipinski definition) is 3. The molecule has 0 heterocycles. The summed E-state index contributed by atoms with van der Waals surface area (Å²) >= 11 is 6.05. The molecule has 0 saturated heterocycles. The molecule has 0 bridgehead atoms. The highest BCUT2D eigenvalue weighted by atomic mass is 35.5. The number of rotatable bonds is 4. The van der Waals surface area contributed by atoms with Crippen LogP contribution in [-0.2, 0) is 0 Å². The van der Waals surface area contributed by atoms with Crippen molar-refractivity contribution in [3.05, 3.63) is 28.8 Å². The first-order valence-electron chi connectivity index (χ1n) is 4.80. The molecule has 0 aliphatic carbocycles. The van der Waals surface area contributed by atoms with Gasteiger partial charge in [0.25, 0.3) is 0 Å². The third-order valence-corrected chi connectivity index (χ3v) is 2.70. The van der Waals surface area contributed by atoms with Crippen LogP contribution in [-0.4, -0.2) is 32.6 Å². The van der Waals surface area contributed by atoms with Gasteiger partial charge in [-0.3, -0.25) is 0 Å². The molecular formula is C11H17ClN2O. The van der Waals surface area contributed by atoms with Crippen molar-refractivity contribution < 1.29 is 4.74 Å². The van der Waals surface area contributed by atoms with Crippen LogP contribution in [0.2, 0.25) is 5.02 Å². The molecule has 0 amide bonds. The second-order valence-electron chi connectivity index (χ2n) is 3.61. The molecule has 0 aromatic heterocycles. The number of nitrogens with two attached hydrogens (primary N) is 1. The zero-order chi connectivity index (χ0) is 11.4. The molecule has 0 aliphatic rings. The maximum Gasteiger partial charge on any atom is 0.137 e. The lowest BCUT2D eigenvalue weighted by atomic mass is 10.1. The van der Waals surface area contributed by atoms with Crippen molar-refractivity contribution in [2.75, 3.05) is 27.7 Å². The largest absolute Gasteiger partial charge is 0.495 e. The smallest absolute Gasteiger partial charge is 0.137 e. The lowest BCUT2D eigenvalue weighted by Crippen LogP contribution is -2.27. The molecule has 15 heavy (non-hydrogen) atoms. The zero-order valence-corrected chi connectivity index (χ0v) is 10.1. The average Bonchev–Trinajstić information content (AvgIpc) is 2.18. The predicted octanol–water partition coefficient (Wildman–Crippen LogP) is 1.91. The van der Waals surface area contributed by atoms with Gasteiger partial charge in [0.05, 0.1) is 12.1 Å². The molecule has 2 N–H and O–H groups in total. The monoisotopic (exact) mass is 228 g/mol. The van der Waals surface area contributed by atoms with Crippen LogP contribution in [0.1, 0.15) is 11.6 Å². The predicted molar refractivity (Wildman–Crippen MR) is 63.5 cm³/mol. The fourth-order valence-corrected chi connectivity index (χ4v) is 1.80. The Morgan fingerprint density at radius 2 is 2.13 bits per heavy atom. The van der Waals surface area contributed by atoms with Gasteiger partial charge in [0.1, 0.15) is 5.75 Å². The lowest BCUT2D eigenvalue weighted by Gasteiger charge is -2.23. The van der Waals surface area contributed by atoms with Crippen LogP contribution >= 0.6 is 11.6 Å². The van der Waals surface area contributed by atoms with E-state index in [1.165, 1.54) is 0 Å². The van der Waals surface area contributed by atoms with Gasteiger partial charge in [0, 0.05) is 12.6 Å². The van der Waals surface area contributed by atoms with Crippen molar-refractivity contribution in [3.8, 4) is 5.75 Å². The molecule has 0 radical (unpaired) electrons. The summed E-state index contributed by atoms with van der Waals surface area (Å²) in [7, 11) is 5.60. The highest BCUT2D eigenvalue weighted by Gasteiger charge is 2.13. The minimum Gasteiger partial charge on any atom is -0.495 e. The fraction of sp³-hybridized carbons (Fsp3) is 0.455. The van der Waals surface area contributed by atoms with E-state index in [1.807, 2.05) is 32.3 Å². The van der Waals surface area contributed by atoms with Crippen molar-refractivity contribution in [2.45, 2.75) is 6.04 Å². The number of ether oxygens (including phenoxy) is 1. The number of halogens is 1. The third kappa shape index (κ3) is 2.84. The molecule has 1 aromatic carbocycles. The van der Waals surface area contributed by atoms with E-state index in [1.54, 1.807) is 7.11 Å². The van der Waals surface area contributed by atoms with E-state index in [0.717, 1.165) is 5.56 Å². The van der Waals surface area contributed by atoms with Gasteiger partial charge in [-0.15, -0.1) is 0 Å². The number of likely N-dealkylation sites (N-methyl/N-ethyl adjacent to an activating group) is 1. The van der Waals surface area contributed by atoms with Crippen molar-refractivity contribution in [3.63, 3.8) is 0 Å². The van der Waals surface area contributed by atoms with Crippen LogP contribution in [0.3, 0.4) is 0 Å². The van der Waals surface area contributed by atoms with E-state index < -0.39 is 0 Å². The molecule has 0 spiro atoms. The van der Waals surface area contributed by atoms with Crippen LogP contribution < -0.4 is 10.5 Å². The Kier molecular flexibility index (Phi) is 4.39.